The van der Waals surface area contributed by atoms with Crippen molar-refractivity contribution in [3.05, 3.63) is 71.4 Å². The summed E-state index contributed by atoms with van der Waals surface area (Å²) in [5.41, 5.74) is 2.77. The average Bonchev–Trinajstić information content (AvgIpc) is 3.11. The molecular weight excluding hydrogens is 344 g/mol. The number of nitrogens with zero attached hydrogens (tertiary/aromatic N) is 3. The van der Waals surface area contributed by atoms with Crippen molar-refractivity contribution in [2.45, 2.75) is 13.0 Å². The fourth-order valence-electron chi connectivity index (χ4n) is 3.20. The maximum atomic E-state index is 12.5. The van der Waals surface area contributed by atoms with Gasteiger partial charge >= 0.3 is 5.97 Å². The average molecular weight is 362 g/mol. The molecule has 1 aliphatic heterocycles. The third-order valence-corrected chi connectivity index (χ3v) is 4.50. The Bertz CT molecular complexity index is 1020. The highest BCUT2D eigenvalue weighted by Gasteiger charge is 2.35. The van der Waals surface area contributed by atoms with Crippen LogP contribution >= 0.6 is 0 Å². The number of rotatable bonds is 3. The van der Waals surface area contributed by atoms with Gasteiger partial charge in [0.15, 0.2) is 5.82 Å². The number of nitrogens with one attached hydrogen (secondary N) is 1. The minimum atomic E-state index is -0.515. The van der Waals surface area contributed by atoms with E-state index in [1.54, 1.807) is 35.9 Å². The molecule has 3 aromatic rings. The summed E-state index contributed by atoms with van der Waals surface area (Å²) in [5, 5.41) is 17.4. The van der Waals surface area contributed by atoms with Gasteiger partial charge < -0.3 is 15.2 Å². The van der Waals surface area contributed by atoms with Crippen LogP contribution in [0.5, 0.6) is 5.75 Å². The molecule has 1 atom stereocenters. The van der Waals surface area contributed by atoms with Crippen molar-refractivity contribution in [1.29, 1.82) is 0 Å². The van der Waals surface area contributed by atoms with Crippen molar-refractivity contribution in [2.75, 3.05) is 12.4 Å². The molecule has 0 bridgehead atoms. The number of carbonyl (C=O) groups excluding carboxylic acids is 1. The predicted octanol–water partition coefficient (Wildman–Crippen LogP) is 3.11. The van der Waals surface area contributed by atoms with E-state index in [0.717, 1.165) is 11.1 Å². The highest BCUT2D eigenvalue weighted by atomic mass is 16.5. The van der Waals surface area contributed by atoms with Crippen molar-refractivity contribution < 1.29 is 14.6 Å². The first-order valence-electron chi connectivity index (χ1n) is 8.45. The normalized spacial score (nSPS) is 15.9. The Labute approximate surface area is 155 Å². The monoisotopic (exact) mass is 362 g/mol. The molecular formula is C20H18N4O3. The van der Waals surface area contributed by atoms with Gasteiger partial charge in [-0.25, -0.2) is 9.48 Å². The number of hydrogen-bond donors (Lipinski definition) is 2. The van der Waals surface area contributed by atoms with Gasteiger partial charge in [0.05, 0.1) is 12.7 Å². The molecule has 0 spiro atoms. The summed E-state index contributed by atoms with van der Waals surface area (Å²) in [6.45, 7) is 1.81. The molecule has 0 amide bonds. The van der Waals surface area contributed by atoms with E-state index in [0.29, 0.717) is 23.0 Å². The number of ether oxygens (including phenoxy) is 1. The number of phenols is 1. The number of methoxy groups -OCH3 is 1. The van der Waals surface area contributed by atoms with Crippen molar-refractivity contribution in [2.24, 2.45) is 0 Å². The second kappa shape index (κ2) is 6.60. The Morgan fingerprint density at radius 2 is 1.85 bits per heavy atom. The largest absolute Gasteiger partial charge is 0.508 e. The summed E-state index contributed by atoms with van der Waals surface area (Å²) in [6.07, 6.45) is 0. The molecule has 0 radical (unpaired) electrons. The second-order valence-corrected chi connectivity index (χ2v) is 6.22. The van der Waals surface area contributed by atoms with Crippen LogP contribution in [0.1, 0.15) is 18.5 Å². The van der Waals surface area contributed by atoms with Crippen LogP contribution in [0.3, 0.4) is 0 Å². The molecule has 0 fully saturated rings. The Balaban J connectivity index is 1.88. The van der Waals surface area contributed by atoms with Crippen LogP contribution < -0.4 is 5.32 Å². The minimum Gasteiger partial charge on any atom is -0.508 e. The van der Waals surface area contributed by atoms with E-state index in [-0.39, 0.29) is 5.75 Å². The second-order valence-electron chi connectivity index (χ2n) is 6.22. The SMILES string of the molecule is COC(=O)C1=C(C)Nc2nc(-c3ccccc3)nn2C1c1ccc(O)cc1. The zero-order chi connectivity index (χ0) is 19.0. The Kier molecular flexibility index (Phi) is 4.12. The number of carbonyl (C=O) groups is 1. The number of fused-ring (bicyclic) bond motifs is 1. The lowest BCUT2D eigenvalue weighted by atomic mass is 9.96. The third kappa shape index (κ3) is 2.93. The summed E-state index contributed by atoms with van der Waals surface area (Å²) in [5.74, 6) is 0.801. The molecule has 0 saturated heterocycles. The first-order chi connectivity index (χ1) is 13.1. The number of hydrogen-bond acceptors (Lipinski definition) is 6. The standard InChI is InChI=1S/C20H18N4O3/c1-12-16(19(26)27-2)17(13-8-10-15(25)11-9-13)24-20(21-12)22-18(23-24)14-6-4-3-5-7-14/h3-11,17,25H,1-2H3,(H,21,22,23). The first-order valence-corrected chi connectivity index (χ1v) is 8.45. The summed E-state index contributed by atoms with van der Waals surface area (Å²) >= 11 is 0. The summed E-state index contributed by atoms with van der Waals surface area (Å²) in [6, 6.07) is 15.8. The minimum absolute atomic E-state index is 0.150. The van der Waals surface area contributed by atoms with Crippen LogP contribution in [0.4, 0.5) is 5.95 Å². The van der Waals surface area contributed by atoms with E-state index in [1.165, 1.54) is 7.11 Å². The number of allylic oxidation sites excluding steroid dienone is 1. The number of phenolic OH excluding ortho intramolecular Hbond substituents is 1. The molecule has 136 valence electrons. The molecule has 2 N–H and O–H groups in total. The highest BCUT2D eigenvalue weighted by molar-refractivity contribution is 5.92. The highest BCUT2D eigenvalue weighted by Crippen LogP contribution is 2.37. The zero-order valence-corrected chi connectivity index (χ0v) is 14.9. The molecule has 1 aromatic heterocycles. The summed E-state index contributed by atoms with van der Waals surface area (Å²) in [7, 11) is 1.35. The van der Waals surface area contributed by atoms with Gasteiger partial charge in [0.1, 0.15) is 11.8 Å². The molecule has 0 aliphatic carbocycles. The quantitative estimate of drug-likeness (QED) is 0.696. The molecule has 27 heavy (non-hydrogen) atoms. The van der Waals surface area contributed by atoms with Gasteiger partial charge in [-0.2, -0.15) is 4.98 Å². The van der Waals surface area contributed by atoms with Crippen molar-refractivity contribution in [3.8, 4) is 17.1 Å². The molecule has 1 aliphatic rings. The molecule has 7 heteroatoms. The van der Waals surface area contributed by atoms with Gasteiger partial charge in [0.25, 0.3) is 0 Å². The Morgan fingerprint density at radius 1 is 1.15 bits per heavy atom. The maximum absolute atomic E-state index is 12.5. The van der Waals surface area contributed by atoms with Crippen molar-refractivity contribution in [1.82, 2.24) is 14.8 Å². The molecule has 2 aromatic carbocycles. The molecule has 1 unspecified atom stereocenters. The lowest BCUT2D eigenvalue weighted by Gasteiger charge is -2.27. The van der Waals surface area contributed by atoms with Crippen LogP contribution in [0.2, 0.25) is 0 Å². The first kappa shape index (κ1) is 16.8. The third-order valence-electron chi connectivity index (χ3n) is 4.50. The smallest absolute Gasteiger partial charge is 0.338 e. The fraction of sp³-hybridized carbons (Fsp3) is 0.150. The fourth-order valence-corrected chi connectivity index (χ4v) is 3.20. The van der Waals surface area contributed by atoms with Crippen molar-refractivity contribution >= 4 is 11.9 Å². The zero-order valence-electron chi connectivity index (χ0n) is 14.9. The maximum Gasteiger partial charge on any atom is 0.338 e. The van der Waals surface area contributed by atoms with Crippen LogP contribution in [0.25, 0.3) is 11.4 Å². The van der Waals surface area contributed by atoms with Gasteiger partial charge in [-0.3, -0.25) is 0 Å². The van der Waals surface area contributed by atoms with Gasteiger partial charge in [0, 0.05) is 11.3 Å². The molecule has 0 saturated carbocycles. The van der Waals surface area contributed by atoms with Gasteiger partial charge in [-0.15, -0.1) is 5.10 Å². The van der Waals surface area contributed by atoms with E-state index in [9.17, 15) is 9.90 Å². The number of aromatic hydroxyl groups is 1. The van der Waals surface area contributed by atoms with Gasteiger partial charge in [0.2, 0.25) is 5.95 Å². The van der Waals surface area contributed by atoms with E-state index in [4.69, 9.17) is 4.74 Å². The number of aromatic nitrogens is 3. The number of benzene rings is 2. The predicted molar refractivity (Wildman–Crippen MR) is 100 cm³/mol. The molecule has 2 heterocycles. The Hall–Kier alpha value is -3.61. The number of esters is 1. The van der Waals surface area contributed by atoms with E-state index in [2.05, 4.69) is 15.4 Å². The van der Waals surface area contributed by atoms with Gasteiger partial charge in [-0.1, -0.05) is 42.5 Å². The Morgan fingerprint density at radius 3 is 2.52 bits per heavy atom. The van der Waals surface area contributed by atoms with Gasteiger partial charge in [-0.05, 0) is 24.6 Å². The van der Waals surface area contributed by atoms with E-state index >= 15 is 0 Å². The summed E-state index contributed by atoms with van der Waals surface area (Å²) < 4.78 is 6.67. The van der Waals surface area contributed by atoms with Crippen LogP contribution in [0.15, 0.2) is 65.9 Å². The lowest BCUT2D eigenvalue weighted by Crippen LogP contribution is -2.29. The number of anilines is 1. The van der Waals surface area contributed by atoms with Crippen LogP contribution in [-0.4, -0.2) is 33.0 Å². The van der Waals surface area contributed by atoms with Crippen LogP contribution in [0, 0.1) is 0 Å². The lowest BCUT2D eigenvalue weighted by molar-refractivity contribution is -0.136. The van der Waals surface area contributed by atoms with E-state index < -0.39 is 12.0 Å². The molecule has 4 rings (SSSR count). The summed E-state index contributed by atoms with van der Waals surface area (Å²) in [4.78, 5) is 17.1. The van der Waals surface area contributed by atoms with Crippen LogP contribution in [-0.2, 0) is 9.53 Å². The topological polar surface area (TPSA) is 89.3 Å². The van der Waals surface area contributed by atoms with Crippen molar-refractivity contribution in [3.63, 3.8) is 0 Å². The molecule has 7 nitrogen and oxygen atoms in total. The van der Waals surface area contributed by atoms with E-state index in [1.807, 2.05) is 30.3 Å².